The molecule has 90 valence electrons. The van der Waals surface area contributed by atoms with Gasteiger partial charge in [-0.25, -0.2) is 13.1 Å². The number of halogens is 3. The molecule has 3 nitrogen and oxygen atoms in total. The van der Waals surface area contributed by atoms with Crippen LogP contribution in [0.15, 0.2) is 34.1 Å². The third kappa shape index (κ3) is 3.69. The molecule has 0 saturated carbocycles. The summed E-state index contributed by atoms with van der Waals surface area (Å²) in [7, 11) is -2.37. The molecule has 0 radical (unpaired) electrons. The molecule has 0 aromatic heterocycles. The highest BCUT2D eigenvalue weighted by Crippen LogP contribution is 2.36. The minimum atomic E-state index is -4.37. The van der Waals surface area contributed by atoms with Crippen LogP contribution < -0.4 is 4.72 Å². The van der Waals surface area contributed by atoms with E-state index in [1.54, 1.807) is 0 Å². The van der Waals surface area contributed by atoms with Crippen LogP contribution in [-0.4, -0.2) is 21.0 Å². The van der Waals surface area contributed by atoms with Crippen molar-refractivity contribution < 1.29 is 21.6 Å². The molecule has 1 aromatic rings. The molecule has 0 amide bonds. The van der Waals surface area contributed by atoms with Crippen LogP contribution in [0.4, 0.5) is 13.2 Å². The second kappa shape index (κ2) is 4.64. The van der Waals surface area contributed by atoms with Crippen molar-refractivity contribution in [3.8, 4) is 0 Å². The number of thioether (sulfide) groups is 1. The lowest BCUT2D eigenvalue weighted by molar-refractivity contribution is -0.0328. The Labute approximate surface area is 95.1 Å². The standard InChI is InChI=1S/C8H8F3NO2S2/c1-12-16(13,14)7-4-2-6(3-5-7)15-8(9,10)11/h2-5,12H,1H3. The van der Waals surface area contributed by atoms with Crippen molar-refractivity contribution in [2.24, 2.45) is 0 Å². The van der Waals surface area contributed by atoms with E-state index in [1.807, 2.05) is 0 Å². The molecule has 16 heavy (non-hydrogen) atoms. The Balaban J connectivity index is 2.93. The summed E-state index contributed by atoms with van der Waals surface area (Å²) in [5.41, 5.74) is -4.37. The first-order valence-electron chi connectivity index (χ1n) is 4.04. The van der Waals surface area contributed by atoms with Crippen LogP contribution in [0, 0.1) is 0 Å². The van der Waals surface area contributed by atoms with E-state index in [0.717, 1.165) is 24.3 Å². The van der Waals surface area contributed by atoms with Gasteiger partial charge < -0.3 is 0 Å². The van der Waals surface area contributed by atoms with E-state index in [1.165, 1.54) is 7.05 Å². The number of hydrogen-bond acceptors (Lipinski definition) is 3. The molecule has 1 rings (SSSR count). The van der Waals surface area contributed by atoms with Gasteiger partial charge in [-0.15, -0.1) is 0 Å². The van der Waals surface area contributed by atoms with Crippen LogP contribution >= 0.6 is 11.8 Å². The number of sulfonamides is 1. The van der Waals surface area contributed by atoms with E-state index in [9.17, 15) is 21.6 Å². The van der Waals surface area contributed by atoms with Gasteiger partial charge in [-0.2, -0.15) is 13.2 Å². The highest BCUT2D eigenvalue weighted by atomic mass is 32.2. The van der Waals surface area contributed by atoms with Gasteiger partial charge in [-0.3, -0.25) is 0 Å². The van der Waals surface area contributed by atoms with Gasteiger partial charge in [-0.05, 0) is 43.1 Å². The lowest BCUT2D eigenvalue weighted by Crippen LogP contribution is -2.18. The lowest BCUT2D eigenvalue weighted by Gasteiger charge is -2.06. The summed E-state index contributed by atoms with van der Waals surface area (Å²) in [6.07, 6.45) is 0. The van der Waals surface area contributed by atoms with Gasteiger partial charge in [0.15, 0.2) is 0 Å². The predicted molar refractivity (Wildman–Crippen MR) is 54.6 cm³/mol. The highest BCUT2D eigenvalue weighted by molar-refractivity contribution is 8.00. The Morgan fingerprint density at radius 1 is 1.19 bits per heavy atom. The van der Waals surface area contributed by atoms with E-state index < -0.39 is 15.5 Å². The smallest absolute Gasteiger partial charge is 0.214 e. The zero-order valence-corrected chi connectivity index (χ0v) is 9.71. The first kappa shape index (κ1) is 13.3. The monoisotopic (exact) mass is 271 g/mol. The molecule has 0 heterocycles. The summed E-state index contributed by atoms with van der Waals surface area (Å²) < 4.78 is 60.5. The summed E-state index contributed by atoms with van der Waals surface area (Å²) in [5.74, 6) is 0. The highest BCUT2D eigenvalue weighted by Gasteiger charge is 2.29. The van der Waals surface area contributed by atoms with Crippen LogP contribution in [0.2, 0.25) is 0 Å². The number of benzene rings is 1. The third-order valence-corrected chi connectivity index (χ3v) is 3.81. The van der Waals surface area contributed by atoms with Gasteiger partial charge in [-0.1, -0.05) is 0 Å². The number of nitrogens with one attached hydrogen (secondary N) is 1. The molecule has 0 bridgehead atoms. The second-order valence-corrected chi connectivity index (χ2v) is 5.75. The molecular formula is C8H8F3NO2S2. The van der Waals surface area contributed by atoms with Crippen molar-refractivity contribution >= 4 is 21.8 Å². The minimum absolute atomic E-state index is 0.0532. The molecule has 1 N–H and O–H groups in total. The zero-order valence-electron chi connectivity index (χ0n) is 8.08. The first-order valence-corrected chi connectivity index (χ1v) is 6.34. The van der Waals surface area contributed by atoms with Crippen molar-refractivity contribution in [3.63, 3.8) is 0 Å². The molecule has 0 unspecified atom stereocenters. The van der Waals surface area contributed by atoms with E-state index >= 15 is 0 Å². The fourth-order valence-electron chi connectivity index (χ4n) is 0.938. The van der Waals surface area contributed by atoms with E-state index in [-0.39, 0.29) is 21.6 Å². The number of hydrogen-bond donors (Lipinski definition) is 1. The number of rotatable bonds is 3. The van der Waals surface area contributed by atoms with Crippen molar-refractivity contribution in [1.82, 2.24) is 4.72 Å². The van der Waals surface area contributed by atoms with E-state index in [4.69, 9.17) is 0 Å². The fraction of sp³-hybridized carbons (Fsp3) is 0.250. The van der Waals surface area contributed by atoms with Gasteiger partial charge >= 0.3 is 5.51 Å². The van der Waals surface area contributed by atoms with Gasteiger partial charge in [0.25, 0.3) is 0 Å². The van der Waals surface area contributed by atoms with Crippen molar-refractivity contribution in [1.29, 1.82) is 0 Å². The molecule has 0 aliphatic rings. The third-order valence-electron chi connectivity index (χ3n) is 1.64. The lowest BCUT2D eigenvalue weighted by atomic mass is 10.4. The van der Waals surface area contributed by atoms with Crippen molar-refractivity contribution in [2.45, 2.75) is 15.3 Å². The molecular weight excluding hydrogens is 263 g/mol. The average Bonchev–Trinajstić information content (AvgIpc) is 2.16. The van der Waals surface area contributed by atoms with Gasteiger partial charge in [0.1, 0.15) is 0 Å². The zero-order chi connectivity index (χ0) is 12.4. The molecule has 8 heteroatoms. The quantitative estimate of drug-likeness (QED) is 0.857. The van der Waals surface area contributed by atoms with Crippen molar-refractivity contribution in [3.05, 3.63) is 24.3 Å². The summed E-state index contributed by atoms with van der Waals surface area (Å²) in [4.78, 5) is -0.121. The molecule has 0 saturated heterocycles. The van der Waals surface area contributed by atoms with Gasteiger partial charge in [0, 0.05) is 4.90 Å². The predicted octanol–water partition coefficient (Wildman–Crippen LogP) is 2.21. The second-order valence-electron chi connectivity index (χ2n) is 2.73. The molecule has 0 aliphatic heterocycles. The molecule has 0 atom stereocenters. The molecule has 0 fully saturated rings. The Bertz CT molecular complexity index is 453. The first-order chi connectivity index (χ1) is 7.24. The largest absolute Gasteiger partial charge is 0.446 e. The SMILES string of the molecule is CNS(=O)(=O)c1ccc(SC(F)(F)F)cc1. The summed E-state index contributed by atoms with van der Waals surface area (Å²) in [5, 5.41) is 0. The van der Waals surface area contributed by atoms with Crippen LogP contribution in [0.5, 0.6) is 0 Å². The topological polar surface area (TPSA) is 46.2 Å². The maximum Gasteiger partial charge on any atom is 0.446 e. The Kier molecular flexibility index (Phi) is 3.87. The summed E-state index contributed by atoms with van der Waals surface area (Å²) in [6, 6.07) is 4.48. The minimum Gasteiger partial charge on any atom is -0.214 e. The van der Waals surface area contributed by atoms with Crippen LogP contribution in [0.3, 0.4) is 0 Å². The van der Waals surface area contributed by atoms with Crippen molar-refractivity contribution in [2.75, 3.05) is 7.05 Å². The number of alkyl halides is 3. The average molecular weight is 271 g/mol. The normalized spacial score (nSPS) is 12.8. The fourth-order valence-corrected chi connectivity index (χ4v) is 2.21. The Hall–Kier alpha value is -0.730. The molecule has 0 spiro atoms. The van der Waals surface area contributed by atoms with Gasteiger partial charge in [0.05, 0.1) is 4.90 Å². The van der Waals surface area contributed by atoms with Crippen LogP contribution in [0.1, 0.15) is 0 Å². The van der Waals surface area contributed by atoms with Crippen LogP contribution in [-0.2, 0) is 10.0 Å². The van der Waals surface area contributed by atoms with E-state index in [0.29, 0.717) is 0 Å². The Morgan fingerprint density at radius 2 is 1.69 bits per heavy atom. The summed E-state index contributed by atoms with van der Waals surface area (Å²) in [6.45, 7) is 0. The summed E-state index contributed by atoms with van der Waals surface area (Å²) >= 11 is -0.288. The van der Waals surface area contributed by atoms with Crippen LogP contribution in [0.25, 0.3) is 0 Å². The maximum absolute atomic E-state index is 12.0. The Morgan fingerprint density at radius 3 is 2.06 bits per heavy atom. The molecule has 1 aromatic carbocycles. The van der Waals surface area contributed by atoms with Gasteiger partial charge in [0.2, 0.25) is 10.0 Å². The van der Waals surface area contributed by atoms with E-state index in [2.05, 4.69) is 4.72 Å². The molecule has 0 aliphatic carbocycles. The maximum atomic E-state index is 12.0.